The van der Waals surface area contributed by atoms with Crippen LogP contribution in [0, 0.1) is 0 Å². The molecule has 1 atom stereocenters. The van der Waals surface area contributed by atoms with Gasteiger partial charge in [-0.2, -0.15) is 0 Å². The molecule has 0 radical (unpaired) electrons. The third-order valence-corrected chi connectivity index (χ3v) is 3.54. The Morgan fingerprint density at radius 3 is 2.71 bits per heavy atom. The van der Waals surface area contributed by atoms with Crippen molar-refractivity contribution in [2.75, 3.05) is 26.1 Å². The van der Waals surface area contributed by atoms with Gasteiger partial charge in [-0.05, 0) is 30.3 Å². The Morgan fingerprint density at radius 2 is 2.12 bits per heavy atom. The van der Waals surface area contributed by atoms with E-state index >= 15 is 0 Å². The molecule has 0 bridgehead atoms. The average molecular weight is 352 g/mol. The zero-order valence-electron chi connectivity index (χ0n) is 13.3. The number of rotatable bonds is 6. The minimum atomic E-state index is -0.469. The number of amides is 3. The maximum atomic E-state index is 12.2. The van der Waals surface area contributed by atoms with Gasteiger partial charge in [-0.1, -0.05) is 11.6 Å². The molecule has 0 saturated carbocycles. The van der Waals surface area contributed by atoms with Crippen LogP contribution in [0.4, 0.5) is 10.5 Å². The number of anilines is 1. The molecule has 8 heteroatoms. The van der Waals surface area contributed by atoms with Crippen LogP contribution in [0.1, 0.15) is 22.2 Å². The van der Waals surface area contributed by atoms with E-state index in [-0.39, 0.29) is 17.5 Å². The lowest BCUT2D eigenvalue weighted by Gasteiger charge is -2.17. The SMILES string of the molecule is CNC(=O)c1ccc(NC(=O)NC(COC)c2ccco2)c(Cl)c1. The first-order chi connectivity index (χ1) is 11.5. The third-order valence-electron chi connectivity index (χ3n) is 3.23. The number of ether oxygens (including phenoxy) is 1. The summed E-state index contributed by atoms with van der Waals surface area (Å²) in [5.41, 5.74) is 0.790. The molecular weight excluding hydrogens is 334 g/mol. The summed E-state index contributed by atoms with van der Waals surface area (Å²) in [5, 5.41) is 8.13. The Morgan fingerprint density at radius 1 is 1.33 bits per heavy atom. The second kappa shape index (κ2) is 8.37. The van der Waals surface area contributed by atoms with Gasteiger partial charge in [0.15, 0.2) is 0 Å². The standard InChI is InChI=1S/C16H18ClN3O4/c1-18-15(21)10-5-6-12(11(17)8-10)19-16(22)20-13(9-23-2)14-4-3-7-24-14/h3-8,13H,9H2,1-2H3,(H,18,21)(H2,19,20,22). The van der Waals surface area contributed by atoms with Gasteiger partial charge in [0.2, 0.25) is 0 Å². The van der Waals surface area contributed by atoms with E-state index < -0.39 is 12.1 Å². The zero-order chi connectivity index (χ0) is 17.5. The van der Waals surface area contributed by atoms with Crippen LogP contribution in [0.5, 0.6) is 0 Å². The highest BCUT2D eigenvalue weighted by Gasteiger charge is 2.18. The van der Waals surface area contributed by atoms with Crippen molar-refractivity contribution in [1.29, 1.82) is 0 Å². The van der Waals surface area contributed by atoms with Crippen LogP contribution in [-0.4, -0.2) is 32.7 Å². The summed E-state index contributed by atoms with van der Waals surface area (Å²) in [6, 6.07) is 7.18. The number of methoxy groups -OCH3 is 1. The smallest absolute Gasteiger partial charge is 0.319 e. The van der Waals surface area contributed by atoms with Crippen molar-refractivity contribution in [3.63, 3.8) is 0 Å². The molecule has 128 valence electrons. The molecule has 2 rings (SSSR count). The van der Waals surface area contributed by atoms with E-state index in [0.29, 0.717) is 17.0 Å². The van der Waals surface area contributed by atoms with Gasteiger partial charge in [-0.15, -0.1) is 0 Å². The molecule has 0 saturated heterocycles. The number of urea groups is 1. The fraction of sp³-hybridized carbons (Fsp3) is 0.250. The lowest BCUT2D eigenvalue weighted by atomic mass is 10.2. The summed E-state index contributed by atoms with van der Waals surface area (Å²) in [7, 11) is 3.06. The molecule has 2 aromatic rings. The molecule has 3 amide bonds. The van der Waals surface area contributed by atoms with Gasteiger partial charge < -0.3 is 25.1 Å². The summed E-state index contributed by atoms with van der Waals surface area (Å²) in [6.45, 7) is 0.254. The zero-order valence-corrected chi connectivity index (χ0v) is 14.0. The number of nitrogens with one attached hydrogen (secondary N) is 3. The molecule has 0 aliphatic rings. The van der Waals surface area contributed by atoms with Crippen LogP contribution in [0.3, 0.4) is 0 Å². The Bertz CT molecular complexity index is 703. The molecule has 24 heavy (non-hydrogen) atoms. The fourth-order valence-electron chi connectivity index (χ4n) is 2.07. The van der Waals surface area contributed by atoms with E-state index in [1.807, 2.05) is 0 Å². The van der Waals surface area contributed by atoms with Crippen molar-refractivity contribution in [1.82, 2.24) is 10.6 Å². The van der Waals surface area contributed by atoms with Crippen LogP contribution in [0.2, 0.25) is 5.02 Å². The number of halogens is 1. The number of hydrogen-bond donors (Lipinski definition) is 3. The number of carbonyl (C=O) groups excluding carboxylic acids is 2. The van der Waals surface area contributed by atoms with Crippen molar-refractivity contribution in [2.24, 2.45) is 0 Å². The van der Waals surface area contributed by atoms with Crippen molar-refractivity contribution in [3.05, 3.63) is 52.9 Å². The highest BCUT2D eigenvalue weighted by Crippen LogP contribution is 2.23. The fourth-order valence-corrected chi connectivity index (χ4v) is 2.30. The van der Waals surface area contributed by atoms with Gasteiger partial charge in [-0.25, -0.2) is 4.79 Å². The molecule has 1 aromatic carbocycles. The van der Waals surface area contributed by atoms with Crippen LogP contribution < -0.4 is 16.0 Å². The maximum absolute atomic E-state index is 12.2. The van der Waals surface area contributed by atoms with E-state index in [1.54, 1.807) is 24.3 Å². The Balaban J connectivity index is 2.04. The van der Waals surface area contributed by atoms with E-state index in [4.69, 9.17) is 20.8 Å². The van der Waals surface area contributed by atoms with Crippen molar-refractivity contribution in [3.8, 4) is 0 Å². The molecule has 7 nitrogen and oxygen atoms in total. The van der Waals surface area contributed by atoms with Crippen LogP contribution in [0.25, 0.3) is 0 Å². The molecular formula is C16H18ClN3O4. The average Bonchev–Trinajstić information content (AvgIpc) is 3.10. The van der Waals surface area contributed by atoms with Crippen LogP contribution >= 0.6 is 11.6 Å². The van der Waals surface area contributed by atoms with Gasteiger partial charge in [-0.3, -0.25) is 4.79 Å². The van der Waals surface area contributed by atoms with Crippen molar-refractivity contribution >= 4 is 29.2 Å². The van der Waals surface area contributed by atoms with Gasteiger partial charge >= 0.3 is 6.03 Å². The summed E-state index contributed by atoms with van der Waals surface area (Å²) in [6.07, 6.45) is 1.52. The van der Waals surface area contributed by atoms with Gasteiger partial charge in [0, 0.05) is 19.7 Å². The Kier molecular flexibility index (Phi) is 6.22. The van der Waals surface area contributed by atoms with Crippen molar-refractivity contribution < 1.29 is 18.7 Å². The molecule has 1 unspecified atom stereocenters. The molecule has 1 aromatic heterocycles. The largest absolute Gasteiger partial charge is 0.467 e. The summed E-state index contributed by atoms with van der Waals surface area (Å²) < 4.78 is 10.4. The first-order valence-corrected chi connectivity index (χ1v) is 7.54. The van der Waals surface area contributed by atoms with E-state index in [0.717, 1.165) is 0 Å². The van der Waals surface area contributed by atoms with Gasteiger partial charge in [0.1, 0.15) is 11.8 Å². The quantitative estimate of drug-likeness (QED) is 0.746. The van der Waals surface area contributed by atoms with Crippen LogP contribution in [-0.2, 0) is 4.74 Å². The summed E-state index contributed by atoms with van der Waals surface area (Å²) >= 11 is 6.11. The lowest BCUT2D eigenvalue weighted by molar-refractivity contribution is 0.0963. The van der Waals surface area contributed by atoms with Gasteiger partial charge in [0.05, 0.1) is 23.6 Å². The summed E-state index contributed by atoms with van der Waals surface area (Å²) in [5.74, 6) is 0.318. The normalized spacial score (nSPS) is 11.6. The highest BCUT2D eigenvalue weighted by atomic mass is 35.5. The first kappa shape index (κ1) is 17.8. The number of benzene rings is 1. The molecule has 0 aliphatic carbocycles. The highest BCUT2D eigenvalue weighted by molar-refractivity contribution is 6.34. The second-order valence-corrected chi connectivity index (χ2v) is 5.30. The molecule has 1 heterocycles. The molecule has 0 spiro atoms. The molecule has 0 aliphatic heterocycles. The predicted octanol–water partition coefficient (Wildman–Crippen LogP) is 2.80. The minimum absolute atomic E-state index is 0.254. The monoisotopic (exact) mass is 351 g/mol. The van der Waals surface area contributed by atoms with E-state index in [2.05, 4.69) is 16.0 Å². The number of hydrogen-bond acceptors (Lipinski definition) is 4. The Labute approximate surface area is 144 Å². The van der Waals surface area contributed by atoms with Gasteiger partial charge in [0.25, 0.3) is 5.91 Å². The summed E-state index contributed by atoms with van der Waals surface area (Å²) in [4.78, 5) is 23.7. The third kappa shape index (κ3) is 4.50. The van der Waals surface area contributed by atoms with Crippen molar-refractivity contribution in [2.45, 2.75) is 6.04 Å². The second-order valence-electron chi connectivity index (χ2n) is 4.90. The number of furan rings is 1. The lowest BCUT2D eigenvalue weighted by Crippen LogP contribution is -2.34. The maximum Gasteiger partial charge on any atom is 0.319 e. The molecule has 0 fully saturated rings. The Hall–Kier alpha value is -2.51. The topological polar surface area (TPSA) is 92.6 Å². The number of carbonyl (C=O) groups is 2. The first-order valence-electron chi connectivity index (χ1n) is 7.16. The van der Waals surface area contributed by atoms with E-state index in [9.17, 15) is 9.59 Å². The predicted molar refractivity (Wildman–Crippen MR) is 90.3 cm³/mol. The van der Waals surface area contributed by atoms with Crippen LogP contribution in [0.15, 0.2) is 41.0 Å². The molecule has 3 N–H and O–H groups in total. The van der Waals surface area contributed by atoms with E-state index in [1.165, 1.54) is 26.5 Å². The minimum Gasteiger partial charge on any atom is -0.467 e.